The second-order valence-electron chi connectivity index (χ2n) is 4.35. The van der Waals surface area contributed by atoms with E-state index in [1.807, 2.05) is 6.92 Å². The highest BCUT2D eigenvalue weighted by atomic mass is 16.4. The Hall–Kier alpha value is -2.12. The van der Waals surface area contributed by atoms with Crippen molar-refractivity contribution in [2.75, 3.05) is 7.05 Å². The summed E-state index contributed by atoms with van der Waals surface area (Å²) in [5.74, 6) is 0.266. The third kappa shape index (κ3) is 4.94. The van der Waals surface area contributed by atoms with Crippen molar-refractivity contribution in [2.45, 2.75) is 39.3 Å². The van der Waals surface area contributed by atoms with Gasteiger partial charge in [-0.15, -0.1) is 0 Å². The van der Waals surface area contributed by atoms with Gasteiger partial charge < -0.3 is 15.3 Å². The highest BCUT2D eigenvalue weighted by Crippen LogP contribution is 2.01. The van der Waals surface area contributed by atoms with Gasteiger partial charge >= 0.3 is 12.0 Å². The lowest BCUT2D eigenvalue weighted by atomic mass is 10.1. The number of aromatic nitrogens is 3. The SMILES string of the molecule is CCC(CC(=O)O)NC(=O)N(C)Cc1n[nH]c(C)n1. The molecule has 0 aromatic carbocycles. The Kier molecular flexibility index (Phi) is 5.28. The van der Waals surface area contributed by atoms with Crippen LogP contribution in [-0.2, 0) is 11.3 Å². The molecule has 1 aromatic heterocycles. The first kappa shape index (κ1) is 14.9. The number of urea groups is 1. The molecule has 0 radical (unpaired) electrons. The third-order valence-corrected chi connectivity index (χ3v) is 2.61. The molecule has 1 heterocycles. The van der Waals surface area contributed by atoms with Gasteiger partial charge in [0.1, 0.15) is 5.82 Å². The van der Waals surface area contributed by atoms with Gasteiger partial charge in [0, 0.05) is 13.1 Å². The van der Waals surface area contributed by atoms with Gasteiger partial charge in [-0.1, -0.05) is 6.92 Å². The lowest BCUT2D eigenvalue weighted by Crippen LogP contribution is -2.43. The van der Waals surface area contributed by atoms with Gasteiger partial charge in [-0.25, -0.2) is 9.78 Å². The summed E-state index contributed by atoms with van der Waals surface area (Å²) in [6.45, 7) is 3.86. The second kappa shape index (κ2) is 6.72. The summed E-state index contributed by atoms with van der Waals surface area (Å²) in [7, 11) is 1.61. The highest BCUT2D eigenvalue weighted by Gasteiger charge is 2.17. The fourth-order valence-corrected chi connectivity index (χ4v) is 1.54. The Balaban J connectivity index is 2.49. The number of H-pyrrole nitrogens is 1. The van der Waals surface area contributed by atoms with Crippen LogP contribution in [0, 0.1) is 6.92 Å². The number of aliphatic carboxylic acids is 1. The van der Waals surface area contributed by atoms with Crippen molar-refractivity contribution in [3.63, 3.8) is 0 Å². The minimum Gasteiger partial charge on any atom is -0.481 e. The van der Waals surface area contributed by atoms with Crippen molar-refractivity contribution < 1.29 is 14.7 Å². The molecule has 0 fully saturated rings. The fraction of sp³-hybridized carbons (Fsp3) is 0.636. The first-order valence-corrected chi connectivity index (χ1v) is 6.03. The third-order valence-electron chi connectivity index (χ3n) is 2.61. The van der Waals surface area contributed by atoms with Crippen LogP contribution in [0.1, 0.15) is 31.4 Å². The molecule has 0 saturated heterocycles. The van der Waals surface area contributed by atoms with Crippen molar-refractivity contribution in [1.82, 2.24) is 25.4 Å². The minimum atomic E-state index is -0.931. The average Bonchev–Trinajstić information content (AvgIpc) is 2.73. The van der Waals surface area contributed by atoms with Gasteiger partial charge in [0.15, 0.2) is 5.82 Å². The number of nitrogens with one attached hydrogen (secondary N) is 2. The predicted octanol–water partition coefficient (Wildman–Crippen LogP) is 0.508. The summed E-state index contributed by atoms with van der Waals surface area (Å²) in [4.78, 5) is 28.0. The van der Waals surface area contributed by atoms with Crippen LogP contribution < -0.4 is 5.32 Å². The van der Waals surface area contributed by atoms with Gasteiger partial charge in [-0.05, 0) is 13.3 Å². The number of carboxylic acid groups (broad SMARTS) is 1. The number of carbonyl (C=O) groups is 2. The zero-order chi connectivity index (χ0) is 14.4. The lowest BCUT2D eigenvalue weighted by molar-refractivity contribution is -0.137. The van der Waals surface area contributed by atoms with Crippen LogP contribution in [0.5, 0.6) is 0 Å². The summed E-state index contributed by atoms with van der Waals surface area (Å²) in [6, 6.07) is -0.711. The monoisotopic (exact) mass is 269 g/mol. The number of hydrogen-bond acceptors (Lipinski definition) is 4. The quantitative estimate of drug-likeness (QED) is 0.696. The Morgan fingerprint density at radius 2 is 2.21 bits per heavy atom. The summed E-state index contributed by atoms with van der Waals surface area (Å²) >= 11 is 0. The van der Waals surface area contributed by atoms with Crippen LogP contribution in [-0.4, -0.2) is 50.3 Å². The molecule has 19 heavy (non-hydrogen) atoms. The van der Waals surface area contributed by atoms with E-state index in [2.05, 4.69) is 20.5 Å². The number of rotatable bonds is 6. The van der Waals surface area contributed by atoms with E-state index in [4.69, 9.17) is 5.11 Å². The second-order valence-corrected chi connectivity index (χ2v) is 4.35. The molecule has 0 aliphatic heterocycles. The van der Waals surface area contributed by atoms with E-state index in [1.165, 1.54) is 4.90 Å². The number of nitrogens with zero attached hydrogens (tertiary/aromatic N) is 3. The molecule has 8 nitrogen and oxygen atoms in total. The van der Waals surface area contributed by atoms with E-state index < -0.39 is 5.97 Å². The van der Waals surface area contributed by atoms with E-state index in [9.17, 15) is 9.59 Å². The number of aryl methyl sites for hydroxylation is 1. The van der Waals surface area contributed by atoms with Crippen LogP contribution in [0.2, 0.25) is 0 Å². The van der Waals surface area contributed by atoms with Crippen LogP contribution in [0.4, 0.5) is 4.79 Å². The number of amides is 2. The lowest BCUT2D eigenvalue weighted by Gasteiger charge is -2.20. The molecule has 3 N–H and O–H groups in total. The van der Waals surface area contributed by atoms with Crippen molar-refractivity contribution in [3.8, 4) is 0 Å². The molecular formula is C11H19N5O3. The van der Waals surface area contributed by atoms with E-state index in [0.29, 0.717) is 18.1 Å². The maximum atomic E-state index is 11.9. The average molecular weight is 269 g/mol. The zero-order valence-corrected chi connectivity index (χ0v) is 11.3. The Morgan fingerprint density at radius 1 is 1.53 bits per heavy atom. The van der Waals surface area contributed by atoms with Gasteiger partial charge in [0.05, 0.1) is 13.0 Å². The molecule has 8 heteroatoms. The fourth-order valence-electron chi connectivity index (χ4n) is 1.54. The van der Waals surface area contributed by atoms with Crippen LogP contribution in [0.15, 0.2) is 0 Å². The molecular weight excluding hydrogens is 250 g/mol. The summed E-state index contributed by atoms with van der Waals surface area (Å²) in [5, 5.41) is 18.0. The Bertz CT molecular complexity index is 445. The molecule has 1 atom stereocenters. The molecule has 0 aliphatic rings. The highest BCUT2D eigenvalue weighted by molar-refractivity contribution is 5.75. The van der Waals surface area contributed by atoms with Crippen molar-refractivity contribution in [1.29, 1.82) is 0 Å². The van der Waals surface area contributed by atoms with Gasteiger partial charge in [0.2, 0.25) is 0 Å². The molecule has 106 valence electrons. The van der Waals surface area contributed by atoms with Gasteiger partial charge in [0.25, 0.3) is 0 Å². The molecule has 0 saturated carbocycles. The van der Waals surface area contributed by atoms with Crippen LogP contribution >= 0.6 is 0 Å². The first-order chi connectivity index (χ1) is 8.92. The molecule has 0 bridgehead atoms. The molecule has 1 rings (SSSR count). The van der Waals surface area contributed by atoms with Crippen LogP contribution in [0.25, 0.3) is 0 Å². The van der Waals surface area contributed by atoms with E-state index in [0.717, 1.165) is 0 Å². The van der Waals surface area contributed by atoms with Crippen molar-refractivity contribution in [2.24, 2.45) is 0 Å². The number of carboxylic acids is 1. The van der Waals surface area contributed by atoms with E-state index in [-0.39, 0.29) is 25.0 Å². The van der Waals surface area contributed by atoms with E-state index in [1.54, 1.807) is 14.0 Å². The van der Waals surface area contributed by atoms with Crippen molar-refractivity contribution >= 4 is 12.0 Å². The van der Waals surface area contributed by atoms with Crippen molar-refractivity contribution in [3.05, 3.63) is 11.6 Å². The van der Waals surface area contributed by atoms with Gasteiger partial charge in [-0.3, -0.25) is 9.89 Å². The maximum Gasteiger partial charge on any atom is 0.317 e. The molecule has 0 spiro atoms. The number of hydrogen-bond donors (Lipinski definition) is 3. The predicted molar refractivity (Wildman–Crippen MR) is 67.5 cm³/mol. The standard InChI is InChI=1S/C11H19N5O3/c1-4-8(5-10(17)18)13-11(19)16(3)6-9-12-7(2)14-15-9/h8H,4-6H2,1-3H3,(H,13,19)(H,17,18)(H,12,14,15). The topological polar surface area (TPSA) is 111 Å². The minimum absolute atomic E-state index is 0.0875. The summed E-state index contributed by atoms with van der Waals surface area (Å²) < 4.78 is 0. The number of aromatic amines is 1. The normalized spacial score (nSPS) is 11.9. The summed E-state index contributed by atoms with van der Waals surface area (Å²) in [6.07, 6.45) is 0.474. The van der Waals surface area contributed by atoms with Gasteiger partial charge in [-0.2, -0.15) is 5.10 Å². The molecule has 2 amide bonds. The molecule has 1 unspecified atom stereocenters. The van der Waals surface area contributed by atoms with E-state index >= 15 is 0 Å². The number of carbonyl (C=O) groups excluding carboxylic acids is 1. The smallest absolute Gasteiger partial charge is 0.317 e. The summed E-state index contributed by atoms with van der Waals surface area (Å²) in [5.41, 5.74) is 0. The van der Waals surface area contributed by atoms with Crippen LogP contribution in [0.3, 0.4) is 0 Å². The largest absolute Gasteiger partial charge is 0.481 e. The Labute approximate surface area is 111 Å². The first-order valence-electron chi connectivity index (χ1n) is 6.03. The Morgan fingerprint density at radius 3 is 2.68 bits per heavy atom. The molecule has 0 aliphatic carbocycles. The zero-order valence-electron chi connectivity index (χ0n) is 11.3. The maximum absolute atomic E-state index is 11.9. The molecule has 1 aromatic rings.